The molecule has 0 spiro atoms. The number of nitro benzene ring substituents is 1. The molecule has 0 atom stereocenters. The molecule has 0 saturated carbocycles. The van der Waals surface area contributed by atoms with Crippen molar-refractivity contribution in [2.45, 2.75) is 0 Å². The van der Waals surface area contributed by atoms with Crippen LogP contribution in [0.2, 0.25) is 0 Å². The van der Waals surface area contributed by atoms with E-state index in [0.29, 0.717) is 11.1 Å². The second-order valence-corrected chi connectivity index (χ2v) is 3.28. The molecule has 0 saturated heterocycles. The molecule has 5 nitrogen and oxygen atoms in total. The smallest absolute Gasteiger partial charge is 0.270 e. The van der Waals surface area contributed by atoms with Crippen molar-refractivity contribution >= 4 is 17.8 Å². The second-order valence-electron chi connectivity index (χ2n) is 3.28. The third-order valence-electron chi connectivity index (χ3n) is 2.00. The average molecular weight is 235 g/mol. The number of nitrogens with zero attached hydrogens (tertiary/aromatic N) is 1. The second kappa shape index (κ2) is 6.57. The first kappa shape index (κ1) is 13.1. The lowest BCUT2D eigenvalue weighted by molar-refractivity contribution is -0.384. The molecule has 0 unspecified atom stereocenters. The minimum Gasteiger partial charge on any atom is -0.392 e. The fourth-order valence-electron chi connectivity index (χ4n) is 1.33. The quantitative estimate of drug-likeness (QED) is 0.599. The highest BCUT2D eigenvalue weighted by Crippen LogP contribution is 2.19. The van der Waals surface area contributed by atoms with E-state index in [1.165, 1.54) is 24.3 Å². The number of non-ortho nitro benzene ring substituents is 1. The maximum Gasteiger partial charge on any atom is 0.270 e. The summed E-state index contributed by atoms with van der Waals surface area (Å²) < 4.78 is 0. The van der Waals surface area contributed by atoms with Crippen LogP contribution in [-0.2, 0) is 0 Å². The van der Waals surface area contributed by atoms with Crippen molar-refractivity contribution in [1.29, 1.82) is 0 Å². The van der Waals surface area contributed by atoms with Gasteiger partial charge in [-0.3, -0.25) is 10.1 Å². The van der Waals surface area contributed by atoms with E-state index in [-0.39, 0.29) is 18.9 Å². The van der Waals surface area contributed by atoms with E-state index in [1.807, 2.05) is 0 Å². The molecule has 0 aliphatic heterocycles. The van der Waals surface area contributed by atoms with Crippen LogP contribution in [0.15, 0.2) is 30.4 Å². The van der Waals surface area contributed by atoms with Gasteiger partial charge in [-0.15, -0.1) is 0 Å². The summed E-state index contributed by atoms with van der Waals surface area (Å²) in [6.45, 7) is -0.241. The van der Waals surface area contributed by atoms with Crippen molar-refractivity contribution in [2.24, 2.45) is 0 Å². The zero-order valence-corrected chi connectivity index (χ0v) is 9.11. The molecule has 0 amide bonds. The highest BCUT2D eigenvalue weighted by atomic mass is 16.6. The van der Waals surface area contributed by atoms with Gasteiger partial charge in [0, 0.05) is 12.1 Å². The van der Waals surface area contributed by atoms with Crippen LogP contribution in [0.3, 0.4) is 0 Å². The van der Waals surface area contributed by atoms with E-state index in [2.05, 4.69) is 0 Å². The predicted octanol–water partition coefficient (Wildman–Crippen LogP) is 1.61. The van der Waals surface area contributed by atoms with Crippen molar-refractivity contribution < 1.29 is 15.1 Å². The van der Waals surface area contributed by atoms with Gasteiger partial charge >= 0.3 is 0 Å². The Morgan fingerprint density at radius 2 is 1.53 bits per heavy atom. The normalized spacial score (nSPS) is 11.4. The molecule has 1 aromatic carbocycles. The van der Waals surface area contributed by atoms with Crippen LogP contribution in [-0.4, -0.2) is 28.4 Å². The topological polar surface area (TPSA) is 83.6 Å². The van der Waals surface area contributed by atoms with Crippen molar-refractivity contribution in [2.75, 3.05) is 13.2 Å². The first-order chi connectivity index (χ1) is 8.17. The molecule has 0 radical (unpaired) electrons. The number of hydrogen-bond donors (Lipinski definition) is 2. The van der Waals surface area contributed by atoms with Gasteiger partial charge in [-0.05, 0) is 17.2 Å². The van der Waals surface area contributed by atoms with E-state index >= 15 is 0 Å². The number of benzene rings is 1. The fourth-order valence-corrected chi connectivity index (χ4v) is 1.33. The summed E-state index contributed by atoms with van der Waals surface area (Å²) in [5, 5.41) is 28.0. The Bertz CT molecular complexity index is 420. The summed E-state index contributed by atoms with van der Waals surface area (Å²) in [4.78, 5) is 10.2. The summed E-state index contributed by atoms with van der Waals surface area (Å²) in [6, 6.07) is 4.57. The third kappa shape index (κ3) is 4.18. The lowest BCUT2D eigenvalue weighted by atomic mass is 10.1. The van der Waals surface area contributed by atoms with Crippen molar-refractivity contribution in [3.63, 3.8) is 0 Å². The highest BCUT2D eigenvalue weighted by Gasteiger charge is 2.07. The van der Waals surface area contributed by atoms with Crippen molar-refractivity contribution in [1.82, 2.24) is 0 Å². The molecule has 5 heteroatoms. The van der Waals surface area contributed by atoms with Crippen LogP contribution >= 0.6 is 0 Å². The molecule has 0 aliphatic rings. The molecule has 90 valence electrons. The summed E-state index contributed by atoms with van der Waals surface area (Å²) in [5.41, 5.74) is 1.24. The van der Waals surface area contributed by atoms with Crippen LogP contribution in [0.5, 0.6) is 0 Å². The molecular weight excluding hydrogens is 222 g/mol. The Morgan fingerprint density at radius 1 is 1.06 bits per heavy atom. The van der Waals surface area contributed by atoms with Gasteiger partial charge in [0.2, 0.25) is 0 Å². The lowest BCUT2D eigenvalue weighted by Gasteiger charge is -1.99. The van der Waals surface area contributed by atoms with Gasteiger partial charge in [-0.25, -0.2) is 0 Å². The minimum absolute atomic E-state index is 0.0253. The Morgan fingerprint density at radius 3 is 1.88 bits per heavy atom. The zero-order chi connectivity index (χ0) is 12.7. The van der Waals surface area contributed by atoms with Gasteiger partial charge < -0.3 is 10.2 Å². The van der Waals surface area contributed by atoms with Crippen LogP contribution in [0, 0.1) is 10.1 Å². The fraction of sp³-hybridized carbons (Fsp3) is 0.167. The van der Waals surface area contributed by atoms with E-state index in [1.54, 1.807) is 18.2 Å². The zero-order valence-electron chi connectivity index (χ0n) is 9.11. The predicted molar refractivity (Wildman–Crippen MR) is 65.3 cm³/mol. The number of aliphatic hydroxyl groups excluding tert-OH is 2. The Kier molecular flexibility index (Phi) is 5.06. The van der Waals surface area contributed by atoms with Gasteiger partial charge in [-0.2, -0.15) is 0 Å². The molecule has 0 bridgehead atoms. The van der Waals surface area contributed by atoms with Gasteiger partial charge in [0.25, 0.3) is 5.69 Å². The summed E-state index contributed by atoms with van der Waals surface area (Å²) in [7, 11) is 0. The first-order valence-electron chi connectivity index (χ1n) is 5.01. The molecule has 0 aliphatic carbocycles. The van der Waals surface area contributed by atoms with Crippen LogP contribution in [0.1, 0.15) is 11.1 Å². The highest BCUT2D eigenvalue weighted by molar-refractivity contribution is 5.62. The maximum atomic E-state index is 10.7. The molecular formula is C12H13NO4. The molecule has 1 aromatic rings. The molecule has 1 rings (SSSR count). The third-order valence-corrected chi connectivity index (χ3v) is 2.00. The van der Waals surface area contributed by atoms with Crippen LogP contribution in [0.25, 0.3) is 12.2 Å². The number of hydrogen-bond acceptors (Lipinski definition) is 4. The van der Waals surface area contributed by atoms with E-state index in [4.69, 9.17) is 10.2 Å². The molecule has 2 N–H and O–H groups in total. The van der Waals surface area contributed by atoms with Crippen LogP contribution in [0.4, 0.5) is 5.69 Å². The van der Waals surface area contributed by atoms with Crippen molar-refractivity contribution in [3.8, 4) is 0 Å². The Balaban J connectivity index is 3.13. The SMILES string of the molecule is O=[N+]([O-])c1cc(/C=C/CO)cc(/C=C/CO)c1. The molecule has 0 fully saturated rings. The van der Waals surface area contributed by atoms with E-state index in [9.17, 15) is 10.1 Å². The summed E-state index contributed by atoms with van der Waals surface area (Å²) in [5.74, 6) is 0. The monoisotopic (exact) mass is 235 g/mol. The Hall–Kier alpha value is -1.98. The first-order valence-corrected chi connectivity index (χ1v) is 5.01. The van der Waals surface area contributed by atoms with Gasteiger partial charge in [0.15, 0.2) is 0 Å². The van der Waals surface area contributed by atoms with E-state index in [0.717, 1.165) is 0 Å². The number of nitro groups is 1. The molecule has 0 aromatic heterocycles. The Labute approximate surface area is 98.5 Å². The summed E-state index contributed by atoms with van der Waals surface area (Å²) >= 11 is 0. The minimum atomic E-state index is -0.480. The van der Waals surface area contributed by atoms with Crippen molar-refractivity contribution in [3.05, 3.63) is 51.6 Å². The standard InChI is InChI=1S/C12H13NO4/c14-5-1-3-10-7-11(4-2-6-15)9-12(8-10)13(16)17/h1-4,7-9,14-15H,5-6H2/b3-1+,4-2+. The largest absolute Gasteiger partial charge is 0.392 e. The number of aliphatic hydroxyl groups is 2. The van der Waals surface area contributed by atoms with Gasteiger partial charge in [0.1, 0.15) is 0 Å². The molecule has 0 heterocycles. The average Bonchev–Trinajstić information content (AvgIpc) is 2.33. The van der Waals surface area contributed by atoms with Crippen LogP contribution < -0.4 is 0 Å². The van der Waals surface area contributed by atoms with Gasteiger partial charge in [0.05, 0.1) is 18.1 Å². The maximum absolute atomic E-state index is 10.7. The molecule has 17 heavy (non-hydrogen) atoms. The summed E-state index contributed by atoms with van der Waals surface area (Å²) in [6.07, 6.45) is 6.20. The van der Waals surface area contributed by atoms with E-state index < -0.39 is 4.92 Å². The lowest BCUT2D eigenvalue weighted by Crippen LogP contribution is -1.90. The number of rotatable bonds is 5. The van der Waals surface area contributed by atoms with Gasteiger partial charge in [-0.1, -0.05) is 24.3 Å².